The van der Waals surface area contributed by atoms with Crippen LogP contribution in [0, 0.1) is 0 Å². The summed E-state index contributed by atoms with van der Waals surface area (Å²) in [6.07, 6.45) is 0. The Morgan fingerprint density at radius 1 is 1.37 bits per heavy atom. The maximum absolute atomic E-state index is 11.7. The first-order valence-electron chi connectivity index (χ1n) is 5.75. The van der Waals surface area contributed by atoms with Crippen LogP contribution in [0.5, 0.6) is 0 Å². The first-order chi connectivity index (χ1) is 9.02. The monoisotopic (exact) mass is 262 g/mol. The van der Waals surface area contributed by atoms with Crippen molar-refractivity contribution < 1.29 is 19.1 Å². The minimum Gasteiger partial charge on any atom is -0.465 e. The molecule has 0 N–H and O–H groups in total. The van der Waals surface area contributed by atoms with E-state index in [4.69, 9.17) is 0 Å². The van der Waals surface area contributed by atoms with Gasteiger partial charge in [0, 0.05) is 7.05 Å². The number of amides is 3. The standard InChI is InChI=1S/C13H14N2O4/c1-14-8-11(16)15(13(14)18)7-9-4-3-5-10(6-9)12(17)19-2/h3-6H,7-8H2,1-2H3. The number of imide groups is 1. The van der Waals surface area contributed by atoms with Crippen LogP contribution in [0.15, 0.2) is 24.3 Å². The van der Waals surface area contributed by atoms with Crippen LogP contribution in [0.3, 0.4) is 0 Å². The highest BCUT2D eigenvalue weighted by molar-refractivity contribution is 6.01. The van der Waals surface area contributed by atoms with Gasteiger partial charge in [-0.15, -0.1) is 0 Å². The van der Waals surface area contributed by atoms with Gasteiger partial charge in [-0.3, -0.25) is 9.69 Å². The van der Waals surface area contributed by atoms with Gasteiger partial charge in [-0.2, -0.15) is 0 Å². The van der Waals surface area contributed by atoms with E-state index in [1.165, 1.54) is 12.0 Å². The first kappa shape index (κ1) is 13.1. The summed E-state index contributed by atoms with van der Waals surface area (Å²) in [6, 6.07) is 6.36. The largest absolute Gasteiger partial charge is 0.465 e. The van der Waals surface area contributed by atoms with Crippen molar-refractivity contribution in [2.45, 2.75) is 6.54 Å². The van der Waals surface area contributed by atoms with Crippen molar-refractivity contribution in [3.05, 3.63) is 35.4 Å². The van der Waals surface area contributed by atoms with Crippen molar-refractivity contribution >= 4 is 17.9 Å². The number of urea groups is 1. The Balaban J connectivity index is 2.18. The van der Waals surface area contributed by atoms with Crippen LogP contribution >= 0.6 is 0 Å². The maximum Gasteiger partial charge on any atom is 0.337 e. The van der Waals surface area contributed by atoms with Crippen LogP contribution in [0.25, 0.3) is 0 Å². The SMILES string of the molecule is COC(=O)c1cccc(CN2C(=O)CN(C)C2=O)c1. The van der Waals surface area contributed by atoms with Crippen molar-refractivity contribution in [3.8, 4) is 0 Å². The summed E-state index contributed by atoms with van der Waals surface area (Å²) in [5.41, 5.74) is 1.10. The molecular weight excluding hydrogens is 248 g/mol. The molecule has 0 bridgehead atoms. The highest BCUT2D eigenvalue weighted by atomic mass is 16.5. The molecule has 6 nitrogen and oxygen atoms in total. The Labute approximate surface area is 110 Å². The Morgan fingerprint density at radius 3 is 2.68 bits per heavy atom. The average molecular weight is 262 g/mol. The van der Waals surface area contributed by atoms with Gasteiger partial charge in [0.1, 0.15) is 6.54 Å². The van der Waals surface area contributed by atoms with Gasteiger partial charge in [-0.1, -0.05) is 12.1 Å². The third kappa shape index (κ3) is 2.57. The van der Waals surface area contributed by atoms with Crippen LogP contribution in [0.1, 0.15) is 15.9 Å². The fourth-order valence-electron chi connectivity index (χ4n) is 1.92. The van der Waals surface area contributed by atoms with E-state index in [0.717, 1.165) is 4.90 Å². The molecule has 1 heterocycles. The van der Waals surface area contributed by atoms with E-state index < -0.39 is 5.97 Å². The van der Waals surface area contributed by atoms with Gasteiger partial charge in [0.15, 0.2) is 0 Å². The number of esters is 1. The lowest BCUT2D eigenvalue weighted by atomic mass is 10.1. The lowest BCUT2D eigenvalue weighted by Gasteiger charge is -2.14. The molecule has 6 heteroatoms. The van der Waals surface area contributed by atoms with E-state index in [9.17, 15) is 14.4 Å². The van der Waals surface area contributed by atoms with Crippen LogP contribution < -0.4 is 0 Å². The zero-order chi connectivity index (χ0) is 14.0. The molecule has 19 heavy (non-hydrogen) atoms. The number of carbonyl (C=O) groups excluding carboxylic acids is 3. The molecule has 1 aromatic carbocycles. The molecule has 1 fully saturated rings. The molecule has 1 aliphatic heterocycles. The number of hydrogen-bond acceptors (Lipinski definition) is 4. The lowest BCUT2D eigenvalue weighted by Crippen LogP contribution is -2.31. The number of likely N-dealkylation sites (N-methyl/N-ethyl adjacent to an activating group) is 1. The quantitative estimate of drug-likeness (QED) is 0.598. The Kier molecular flexibility index (Phi) is 3.50. The summed E-state index contributed by atoms with van der Waals surface area (Å²) in [4.78, 5) is 37.3. The molecular formula is C13H14N2O4. The third-order valence-corrected chi connectivity index (χ3v) is 2.92. The van der Waals surface area contributed by atoms with Gasteiger partial charge >= 0.3 is 12.0 Å². The number of carbonyl (C=O) groups is 3. The fourth-order valence-corrected chi connectivity index (χ4v) is 1.92. The van der Waals surface area contributed by atoms with Crippen LogP contribution in [0.4, 0.5) is 4.79 Å². The van der Waals surface area contributed by atoms with E-state index >= 15 is 0 Å². The number of hydrogen-bond donors (Lipinski definition) is 0. The number of ether oxygens (including phenoxy) is 1. The molecule has 0 unspecified atom stereocenters. The number of rotatable bonds is 3. The van der Waals surface area contributed by atoms with Gasteiger partial charge in [0.05, 0.1) is 19.2 Å². The number of methoxy groups -OCH3 is 1. The van der Waals surface area contributed by atoms with E-state index in [0.29, 0.717) is 11.1 Å². The Hall–Kier alpha value is -2.37. The van der Waals surface area contributed by atoms with E-state index in [2.05, 4.69) is 4.74 Å². The smallest absolute Gasteiger partial charge is 0.337 e. The third-order valence-electron chi connectivity index (χ3n) is 2.92. The van der Waals surface area contributed by atoms with Crippen molar-refractivity contribution in [1.82, 2.24) is 9.80 Å². The molecule has 2 rings (SSSR count). The van der Waals surface area contributed by atoms with Crippen molar-refractivity contribution in [2.24, 2.45) is 0 Å². The average Bonchev–Trinajstić information content (AvgIpc) is 2.65. The highest BCUT2D eigenvalue weighted by Gasteiger charge is 2.33. The van der Waals surface area contributed by atoms with Crippen molar-refractivity contribution in [1.29, 1.82) is 0 Å². The number of benzene rings is 1. The molecule has 1 saturated heterocycles. The molecule has 0 aromatic heterocycles. The van der Waals surface area contributed by atoms with Crippen molar-refractivity contribution in [2.75, 3.05) is 20.7 Å². The van der Waals surface area contributed by atoms with E-state index in [1.807, 2.05) is 0 Å². The second kappa shape index (κ2) is 5.09. The number of nitrogens with zero attached hydrogens (tertiary/aromatic N) is 2. The summed E-state index contributed by atoms with van der Waals surface area (Å²) in [7, 11) is 2.88. The minimum atomic E-state index is -0.446. The minimum absolute atomic E-state index is 0.0928. The van der Waals surface area contributed by atoms with Gasteiger partial charge in [0.25, 0.3) is 5.91 Å². The predicted octanol–water partition coefficient (Wildman–Crippen LogP) is 0.867. The molecule has 100 valence electrons. The zero-order valence-electron chi connectivity index (χ0n) is 10.8. The van der Waals surface area contributed by atoms with Crippen LogP contribution in [-0.2, 0) is 16.1 Å². The van der Waals surface area contributed by atoms with Gasteiger partial charge in [-0.25, -0.2) is 9.59 Å². The summed E-state index contributed by atoms with van der Waals surface area (Å²) in [5, 5.41) is 0. The molecule has 1 aromatic rings. The van der Waals surface area contributed by atoms with Gasteiger partial charge in [0.2, 0.25) is 0 Å². The summed E-state index contributed by atoms with van der Waals surface area (Å²) in [5.74, 6) is -0.686. The Bertz CT molecular complexity index is 541. The fraction of sp³-hybridized carbons (Fsp3) is 0.308. The van der Waals surface area contributed by atoms with Crippen molar-refractivity contribution in [3.63, 3.8) is 0 Å². The zero-order valence-corrected chi connectivity index (χ0v) is 10.8. The summed E-state index contributed by atoms with van der Waals surface area (Å²) >= 11 is 0. The molecule has 0 saturated carbocycles. The topological polar surface area (TPSA) is 66.9 Å². The van der Waals surface area contributed by atoms with E-state index in [1.54, 1.807) is 31.3 Å². The normalized spacial score (nSPS) is 15.1. The van der Waals surface area contributed by atoms with E-state index in [-0.39, 0.29) is 25.0 Å². The molecule has 0 spiro atoms. The Morgan fingerprint density at radius 2 is 2.11 bits per heavy atom. The summed E-state index contributed by atoms with van der Waals surface area (Å²) in [6.45, 7) is 0.252. The first-order valence-corrected chi connectivity index (χ1v) is 5.75. The van der Waals surface area contributed by atoms with Crippen LogP contribution in [0.2, 0.25) is 0 Å². The summed E-state index contributed by atoms with van der Waals surface area (Å²) < 4.78 is 4.63. The molecule has 0 aliphatic carbocycles. The van der Waals surface area contributed by atoms with Gasteiger partial charge < -0.3 is 9.64 Å². The lowest BCUT2D eigenvalue weighted by molar-refractivity contribution is -0.125. The maximum atomic E-state index is 11.7. The van der Waals surface area contributed by atoms with Crippen LogP contribution in [-0.4, -0.2) is 48.4 Å². The molecule has 0 radical (unpaired) electrons. The highest BCUT2D eigenvalue weighted by Crippen LogP contribution is 2.14. The second-order valence-electron chi connectivity index (χ2n) is 4.31. The molecule has 3 amide bonds. The predicted molar refractivity (Wildman–Crippen MR) is 66.4 cm³/mol. The second-order valence-corrected chi connectivity index (χ2v) is 4.31. The molecule has 1 aliphatic rings. The molecule has 0 atom stereocenters. The van der Waals surface area contributed by atoms with Gasteiger partial charge in [-0.05, 0) is 17.7 Å².